The molecule has 0 amide bonds. The molecule has 1 rings (SSSR count). The summed E-state index contributed by atoms with van der Waals surface area (Å²) in [6.07, 6.45) is 1.08. The third kappa shape index (κ3) is 2.16. The Labute approximate surface area is 78.0 Å². The first-order chi connectivity index (χ1) is 5.77. The lowest BCUT2D eigenvalue weighted by Crippen LogP contribution is -2.09. The molecule has 0 aliphatic carbocycles. The minimum Gasteiger partial charge on any atom is -0.307 e. The lowest BCUT2D eigenvalue weighted by atomic mass is 10.1. The average Bonchev–Trinajstić information content (AvgIpc) is 2.17. The fourth-order valence-corrected chi connectivity index (χ4v) is 1.25. The molecule has 0 unspecified atom stereocenters. The van der Waals surface area contributed by atoms with E-state index in [4.69, 9.17) is 5.14 Å². The van der Waals surface area contributed by atoms with E-state index in [1.165, 1.54) is 17.7 Å². The van der Waals surface area contributed by atoms with E-state index in [0.717, 1.165) is 12.1 Å². The largest absolute Gasteiger partial charge is 0.307 e. The predicted octanol–water partition coefficient (Wildman–Crippen LogP) is 2.21. The third-order valence-electron chi connectivity index (χ3n) is 1.87. The molecule has 1 aromatic carbocycles. The van der Waals surface area contributed by atoms with Gasteiger partial charge in [0.15, 0.2) is 0 Å². The number of anilines is 1. The summed E-state index contributed by atoms with van der Waals surface area (Å²) in [6, 6.07) is 8.42. The predicted molar refractivity (Wildman–Crippen MR) is 56.0 cm³/mol. The zero-order valence-electron chi connectivity index (χ0n) is 7.45. The van der Waals surface area contributed by atoms with Gasteiger partial charge >= 0.3 is 0 Å². The standard InChI is InChI=1S/C9H14N2S/c1-3-8-4-6-9(7-5-8)11(2)12-10/h4-7H,3,10H2,1-2H3. The van der Waals surface area contributed by atoms with E-state index in [2.05, 4.69) is 31.2 Å². The molecule has 2 N–H and O–H groups in total. The molecule has 0 atom stereocenters. The van der Waals surface area contributed by atoms with Gasteiger partial charge in [-0.2, -0.15) is 0 Å². The summed E-state index contributed by atoms with van der Waals surface area (Å²) in [5, 5.41) is 5.42. The van der Waals surface area contributed by atoms with Gasteiger partial charge in [0.25, 0.3) is 0 Å². The summed E-state index contributed by atoms with van der Waals surface area (Å²) in [7, 11) is 1.95. The number of hydrogen-bond donors (Lipinski definition) is 1. The van der Waals surface area contributed by atoms with Crippen LogP contribution >= 0.6 is 12.1 Å². The number of nitrogens with zero attached hydrogens (tertiary/aromatic N) is 1. The highest BCUT2D eigenvalue weighted by molar-refractivity contribution is 7.98. The van der Waals surface area contributed by atoms with E-state index in [1.54, 1.807) is 0 Å². The first kappa shape index (κ1) is 9.42. The van der Waals surface area contributed by atoms with Crippen molar-refractivity contribution in [1.29, 1.82) is 0 Å². The SMILES string of the molecule is CCc1ccc(N(C)SN)cc1. The quantitative estimate of drug-likeness (QED) is 0.727. The smallest absolute Gasteiger partial charge is 0.0478 e. The number of benzene rings is 1. The van der Waals surface area contributed by atoms with Crippen LogP contribution in [0.1, 0.15) is 12.5 Å². The van der Waals surface area contributed by atoms with Gasteiger partial charge in [-0.3, -0.25) is 5.14 Å². The highest BCUT2D eigenvalue weighted by atomic mass is 32.2. The number of rotatable bonds is 3. The van der Waals surface area contributed by atoms with Crippen LogP contribution in [-0.2, 0) is 6.42 Å². The van der Waals surface area contributed by atoms with Crippen LogP contribution in [0.4, 0.5) is 5.69 Å². The summed E-state index contributed by atoms with van der Waals surface area (Å²) in [5.74, 6) is 0. The molecule has 66 valence electrons. The molecular formula is C9H14N2S. The van der Waals surface area contributed by atoms with E-state index in [9.17, 15) is 0 Å². The Morgan fingerprint density at radius 2 is 1.92 bits per heavy atom. The summed E-state index contributed by atoms with van der Waals surface area (Å²) in [4.78, 5) is 0. The van der Waals surface area contributed by atoms with Crippen LogP contribution in [-0.4, -0.2) is 7.05 Å². The van der Waals surface area contributed by atoms with Gasteiger partial charge in [0.2, 0.25) is 0 Å². The first-order valence-corrected chi connectivity index (χ1v) is 4.81. The van der Waals surface area contributed by atoms with Crippen molar-refractivity contribution in [2.45, 2.75) is 13.3 Å². The molecule has 0 aliphatic heterocycles. The molecule has 2 nitrogen and oxygen atoms in total. The van der Waals surface area contributed by atoms with Crippen LogP contribution in [0.3, 0.4) is 0 Å². The van der Waals surface area contributed by atoms with Crippen molar-refractivity contribution in [3.8, 4) is 0 Å². The zero-order valence-corrected chi connectivity index (χ0v) is 8.27. The van der Waals surface area contributed by atoms with E-state index < -0.39 is 0 Å². The molecule has 0 fully saturated rings. The maximum absolute atomic E-state index is 5.42. The Morgan fingerprint density at radius 3 is 2.33 bits per heavy atom. The fourth-order valence-electron chi connectivity index (χ4n) is 1.00. The van der Waals surface area contributed by atoms with Gasteiger partial charge in [-0.05, 0) is 24.1 Å². The molecule has 3 heteroatoms. The van der Waals surface area contributed by atoms with Gasteiger partial charge in [-0.1, -0.05) is 19.1 Å². The van der Waals surface area contributed by atoms with Crippen LogP contribution in [0.25, 0.3) is 0 Å². The first-order valence-electron chi connectivity index (χ1n) is 3.97. The van der Waals surface area contributed by atoms with Gasteiger partial charge in [-0.25, -0.2) is 0 Å². The van der Waals surface area contributed by atoms with E-state index >= 15 is 0 Å². The van der Waals surface area contributed by atoms with Crippen LogP contribution < -0.4 is 9.44 Å². The maximum Gasteiger partial charge on any atom is 0.0478 e. The highest BCUT2D eigenvalue weighted by Crippen LogP contribution is 2.17. The number of hydrogen-bond acceptors (Lipinski definition) is 3. The summed E-state index contributed by atoms with van der Waals surface area (Å²) >= 11 is 1.22. The normalized spacial score (nSPS) is 9.92. The lowest BCUT2D eigenvalue weighted by Gasteiger charge is -2.14. The minimum atomic E-state index is 1.08. The van der Waals surface area contributed by atoms with Crippen molar-refractivity contribution in [1.82, 2.24) is 0 Å². The van der Waals surface area contributed by atoms with E-state index in [-0.39, 0.29) is 0 Å². The van der Waals surface area contributed by atoms with Crippen LogP contribution in [0.5, 0.6) is 0 Å². The highest BCUT2D eigenvalue weighted by Gasteiger charge is 1.97. The summed E-state index contributed by atoms with van der Waals surface area (Å²) < 4.78 is 1.93. The molecule has 0 saturated carbocycles. The topological polar surface area (TPSA) is 29.3 Å². The molecular weight excluding hydrogens is 168 g/mol. The maximum atomic E-state index is 5.42. The molecule has 0 bridgehead atoms. The molecule has 0 spiro atoms. The van der Waals surface area contributed by atoms with Crippen molar-refractivity contribution < 1.29 is 0 Å². The fraction of sp³-hybridized carbons (Fsp3) is 0.333. The van der Waals surface area contributed by atoms with E-state index in [0.29, 0.717) is 0 Å². The Morgan fingerprint density at radius 1 is 1.33 bits per heavy atom. The van der Waals surface area contributed by atoms with Crippen molar-refractivity contribution in [3.63, 3.8) is 0 Å². The molecule has 0 aromatic heterocycles. The van der Waals surface area contributed by atoms with Crippen molar-refractivity contribution >= 4 is 17.8 Å². The second kappa shape index (κ2) is 4.38. The Bertz CT molecular complexity index is 233. The second-order valence-corrected chi connectivity index (χ2v) is 3.38. The van der Waals surface area contributed by atoms with Crippen molar-refractivity contribution in [2.24, 2.45) is 5.14 Å². The minimum absolute atomic E-state index is 1.08. The van der Waals surface area contributed by atoms with Crippen LogP contribution in [0, 0.1) is 0 Å². The monoisotopic (exact) mass is 182 g/mol. The lowest BCUT2D eigenvalue weighted by molar-refractivity contribution is 1.14. The molecule has 0 radical (unpaired) electrons. The number of aryl methyl sites for hydroxylation is 1. The van der Waals surface area contributed by atoms with Gasteiger partial charge in [0.1, 0.15) is 0 Å². The van der Waals surface area contributed by atoms with Crippen molar-refractivity contribution in [2.75, 3.05) is 11.4 Å². The third-order valence-corrected chi connectivity index (χ3v) is 2.39. The molecule has 12 heavy (non-hydrogen) atoms. The number of nitrogens with two attached hydrogens (primary N) is 1. The Hall–Kier alpha value is -0.670. The molecule has 1 aromatic rings. The average molecular weight is 182 g/mol. The van der Waals surface area contributed by atoms with Crippen LogP contribution in [0.15, 0.2) is 24.3 Å². The molecule has 0 heterocycles. The Balaban J connectivity index is 2.77. The second-order valence-electron chi connectivity index (χ2n) is 2.62. The van der Waals surface area contributed by atoms with Gasteiger partial charge < -0.3 is 4.31 Å². The molecule has 0 aliphatic rings. The van der Waals surface area contributed by atoms with Gasteiger partial charge in [-0.15, -0.1) is 0 Å². The van der Waals surface area contributed by atoms with E-state index in [1.807, 2.05) is 11.4 Å². The Kier molecular flexibility index (Phi) is 3.44. The van der Waals surface area contributed by atoms with Crippen molar-refractivity contribution in [3.05, 3.63) is 29.8 Å². The molecule has 0 saturated heterocycles. The summed E-state index contributed by atoms with van der Waals surface area (Å²) in [5.41, 5.74) is 2.49. The van der Waals surface area contributed by atoms with Gasteiger partial charge in [0, 0.05) is 24.9 Å². The van der Waals surface area contributed by atoms with Crippen LogP contribution in [0.2, 0.25) is 0 Å². The zero-order chi connectivity index (χ0) is 8.97. The van der Waals surface area contributed by atoms with Gasteiger partial charge in [0.05, 0.1) is 0 Å². The summed E-state index contributed by atoms with van der Waals surface area (Å²) in [6.45, 7) is 2.15.